The monoisotopic (exact) mass is 237 g/mol. The highest BCUT2D eigenvalue weighted by molar-refractivity contribution is 5.93. The second-order valence-corrected chi connectivity index (χ2v) is 4.28. The average Bonchev–Trinajstić information content (AvgIpc) is 2.87. The van der Waals surface area contributed by atoms with Gasteiger partial charge < -0.3 is 10.4 Å². The highest BCUT2D eigenvalue weighted by atomic mass is 16.4. The number of hydrogen-bond donors (Lipinski definition) is 2. The molecule has 92 valence electrons. The van der Waals surface area contributed by atoms with Gasteiger partial charge in [0.05, 0.1) is 11.8 Å². The second kappa shape index (κ2) is 4.99. The summed E-state index contributed by atoms with van der Waals surface area (Å²) >= 11 is 0. The van der Waals surface area contributed by atoms with E-state index in [0.717, 1.165) is 25.7 Å². The van der Waals surface area contributed by atoms with Gasteiger partial charge in [-0.25, -0.2) is 0 Å². The summed E-state index contributed by atoms with van der Waals surface area (Å²) in [4.78, 5) is 22.3. The van der Waals surface area contributed by atoms with E-state index in [1.165, 1.54) is 17.1 Å². The highest BCUT2D eigenvalue weighted by Crippen LogP contribution is 2.18. The fraction of sp³-hybridized carbons (Fsp3) is 0.545. The molecular formula is C11H15N3O3. The molecule has 0 atom stereocenters. The molecule has 0 bridgehead atoms. The maximum atomic E-state index is 11.8. The number of hydrogen-bond acceptors (Lipinski definition) is 3. The third kappa shape index (κ3) is 3.05. The third-order valence-corrected chi connectivity index (χ3v) is 2.88. The minimum atomic E-state index is -0.976. The van der Waals surface area contributed by atoms with Crippen molar-refractivity contribution in [3.05, 3.63) is 18.0 Å². The zero-order valence-corrected chi connectivity index (χ0v) is 9.43. The summed E-state index contributed by atoms with van der Waals surface area (Å²) in [7, 11) is 0. The quantitative estimate of drug-likeness (QED) is 0.804. The van der Waals surface area contributed by atoms with Gasteiger partial charge in [-0.15, -0.1) is 0 Å². The van der Waals surface area contributed by atoms with E-state index in [1.54, 1.807) is 0 Å². The molecule has 0 saturated heterocycles. The van der Waals surface area contributed by atoms with Crippen LogP contribution in [-0.2, 0) is 11.3 Å². The number of carboxylic acid groups (broad SMARTS) is 1. The van der Waals surface area contributed by atoms with Gasteiger partial charge in [-0.2, -0.15) is 5.10 Å². The van der Waals surface area contributed by atoms with Gasteiger partial charge in [0.25, 0.3) is 5.91 Å². The number of nitrogens with one attached hydrogen (secondary N) is 1. The first kappa shape index (κ1) is 11.6. The van der Waals surface area contributed by atoms with Crippen molar-refractivity contribution in [2.45, 2.75) is 38.3 Å². The van der Waals surface area contributed by atoms with Gasteiger partial charge in [0, 0.05) is 12.2 Å². The van der Waals surface area contributed by atoms with Crippen LogP contribution in [0.25, 0.3) is 0 Å². The van der Waals surface area contributed by atoms with Crippen LogP contribution in [0.5, 0.6) is 0 Å². The summed E-state index contributed by atoms with van der Waals surface area (Å²) in [6, 6.07) is 0.255. The van der Waals surface area contributed by atoms with E-state index >= 15 is 0 Å². The fourth-order valence-corrected chi connectivity index (χ4v) is 2.04. The molecule has 6 heteroatoms. The molecule has 1 aromatic heterocycles. The number of aromatic nitrogens is 2. The van der Waals surface area contributed by atoms with Gasteiger partial charge in [0.15, 0.2) is 0 Å². The predicted molar refractivity (Wildman–Crippen MR) is 59.6 cm³/mol. The smallest absolute Gasteiger partial charge is 0.325 e. The van der Waals surface area contributed by atoms with E-state index < -0.39 is 5.97 Å². The Bertz CT molecular complexity index is 421. The van der Waals surface area contributed by atoms with Crippen molar-refractivity contribution in [1.29, 1.82) is 0 Å². The van der Waals surface area contributed by atoms with Crippen molar-refractivity contribution in [3.63, 3.8) is 0 Å². The molecular weight excluding hydrogens is 222 g/mol. The normalized spacial score (nSPS) is 16.0. The third-order valence-electron chi connectivity index (χ3n) is 2.88. The number of aliphatic carboxylic acids is 1. The lowest BCUT2D eigenvalue weighted by molar-refractivity contribution is -0.137. The van der Waals surface area contributed by atoms with Gasteiger partial charge in [-0.1, -0.05) is 12.8 Å². The molecule has 0 radical (unpaired) electrons. The molecule has 17 heavy (non-hydrogen) atoms. The lowest BCUT2D eigenvalue weighted by atomic mass is 10.2. The fourth-order valence-electron chi connectivity index (χ4n) is 2.04. The summed E-state index contributed by atoms with van der Waals surface area (Å²) in [5, 5.41) is 15.3. The first-order valence-electron chi connectivity index (χ1n) is 5.70. The number of carboxylic acids is 1. The number of rotatable bonds is 4. The van der Waals surface area contributed by atoms with E-state index in [-0.39, 0.29) is 18.5 Å². The standard InChI is InChI=1S/C11H15N3O3/c15-10(16)7-14-6-8(5-12-14)11(17)13-9-3-1-2-4-9/h5-6,9H,1-4,7H2,(H,13,17)(H,15,16). The van der Waals surface area contributed by atoms with Crippen LogP contribution in [0.2, 0.25) is 0 Å². The summed E-state index contributed by atoms with van der Waals surface area (Å²) in [6.45, 7) is -0.225. The van der Waals surface area contributed by atoms with Crippen LogP contribution in [0.4, 0.5) is 0 Å². The van der Waals surface area contributed by atoms with Crippen LogP contribution >= 0.6 is 0 Å². The molecule has 0 aliphatic heterocycles. The molecule has 1 saturated carbocycles. The zero-order valence-electron chi connectivity index (χ0n) is 9.43. The van der Waals surface area contributed by atoms with Crippen LogP contribution in [-0.4, -0.2) is 32.8 Å². The average molecular weight is 237 g/mol. The van der Waals surface area contributed by atoms with Crippen LogP contribution in [0, 0.1) is 0 Å². The van der Waals surface area contributed by atoms with Crippen molar-refractivity contribution in [3.8, 4) is 0 Å². The van der Waals surface area contributed by atoms with Crippen molar-refractivity contribution in [1.82, 2.24) is 15.1 Å². The summed E-state index contributed by atoms with van der Waals surface area (Å²) in [5.74, 6) is -1.15. The molecule has 0 spiro atoms. The van der Waals surface area contributed by atoms with Crippen LogP contribution < -0.4 is 5.32 Å². The minimum absolute atomic E-state index is 0.173. The molecule has 2 rings (SSSR count). The Morgan fingerprint density at radius 3 is 2.82 bits per heavy atom. The molecule has 1 aliphatic rings. The molecule has 0 aromatic carbocycles. The van der Waals surface area contributed by atoms with E-state index in [1.807, 2.05) is 0 Å². The molecule has 0 unspecified atom stereocenters. The Morgan fingerprint density at radius 2 is 2.18 bits per heavy atom. The molecule has 1 fully saturated rings. The maximum Gasteiger partial charge on any atom is 0.325 e. The SMILES string of the molecule is O=C(O)Cn1cc(C(=O)NC2CCCC2)cn1. The van der Waals surface area contributed by atoms with E-state index in [2.05, 4.69) is 10.4 Å². The Hall–Kier alpha value is -1.85. The van der Waals surface area contributed by atoms with Gasteiger partial charge in [-0.3, -0.25) is 14.3 Å². The Kier molecular flexibility index (Phi) is 3.41. The van der Waals surface area contributed by atoms with Crippen LogP contribution in [0.1, 0.15) is 36.0 Å². The van der Waals surface area contributed by atoms with E-state index in [4.69, 9.17) is 5.11 Å². The molecule has 6 nitrogen and oxygen atoms in total. The largest absolute Gasteiger partial charge is 0.480 e. The van der Waals surface area contributed by atoms with Gasteiger partial charge in [0.2, 0.25) is 0 Å². The summed E-state index contributed by atoms with van der Waals surface area (Å²) < 4.78 is 1.24. The second-order valence-electron chi connectivity index (χ2n) is 4.28. The van der Waals surface area contributed by atoms with Gasteiger partial charge in [-0.05, 0) is 12.8 Å². The molecule has 1 amide bonds. The molecule has 1 aliphatic carbocycles. The van der Waals surface area contributed by atoms with Crippen molar-refractivity contribution in [2.75, 3.05) is 0 Å². The highest BCUT2D eigenvalue weighted by Gasteiger charge is 2.18. The van der Waals surface area contributed by atoms with Crippen LogP contribution in [0.3, 0.4) is 0 Å². The Labute approximate surface area is 98.6 Å². The number of nitrogens with zero attached hydrogens (tertiary/aromatic N) is 2. The Morgan fingerprint density at radius 1 is 1.47 bits per heavy atom. The molecule has 2 N–H and O–H groups in total. The maximum absolute atomic E-state index is 11.8. The first-order chi connectivity index (χ1) is 8.15. The van der Waals surface area contributed by atoms with E-state index in [0.29, 0.717) is 5.56 Å². The lowest BCUT2D eigenvalue weighted by Crippen LogP contribution is -2.32. The van der Waals surface area contributed by atoms with Crippen molar-refractivity contribution < 1.29 is 14.7 Å². The first-order valence-corrected chi connectivity index (χ1v) is 5.70. The topological polar surface area (TPSA) is 84.2 Å². The Balaban J connectivity index is 1.94. The van der Waals surface area contributed by atoms with Crippen LogP contribution in [0.15, 0.2) is 12.4 Å². The van der Waals surface area contributed by atoms with E-state index in [9.17, 15) is 9.59 Å². The van der Waals surface area contributed by atoms with Crippen molar-refractivity contribution >= 4 is 11.9 Å². The van der Waals surface area contributed by atoms with Gasteiger partial charge in [0.1, 0.15) is 6.54 Å². The lowest BCUT2D eigenvalue weighted by Gasteiger charge is -2.10. The predicted octanol–water partition coefficient (Wildman–Crippen LogP) is 0.640. The summed E-state index contributed by atoms with van der Waals surface area (Å²) in [6.07, 6.45) is 7.21. The van der Waals surface area contributed by atoms with Gasteiger partial charge >= 0.3 is 5.97 Å². The summed E-state index contributed by atoms with van der Waals surface area (Å²) in [5.41, 5.74) is 0.415. The number of carbonyl (C=O) groups excluding carboxylic acids is 1. The molecule has 1 aromatic rings. The minimum Gasteiger partial charge on any atom is -0.480 e. The van der Waals surface area contributed by atoms with Crippen molar-refractivity contribution in [2.24, 2.45) is 0 Å². The zero-order chi connectivity index (χ0) is 12.3. The number of amides is 1. The number of carbonyl (C=O) groups is 2. The molecule has 1 heterocycles.